The van der Waals surface area contributed by atoms with Gasteiger partial charge >= 0.3 is 0 Å². The first-order valence-corrected chi connectivity index (χ1v) is 7.70. The Balaban J connectivity index is 2.18. The van der Waals surface area contributed by atoms with E-state index in [9.17, 15) is 4.79 Å². The van der Waals surface area contributed by atoms with Gasteiger partial charge < -0.3 is 4.98 Å². The maximum atomic E-state index is 12.7. The summed E-state index contributed by atoms with van der Waals surface area (Å²) in [6.07, 6.45) is 3.36. The highest BCUT2D eigenvalue weighted by Crippen LogP contribution is 2.25. The van der Waals surface area contributed by atoms with Crippen molar-refractivity contribution in [2.45, 2.75) is 27.3 Å². The van der Waals surface area contributed by atoms with Crippen molar-refractivity contribution in [2.75, 3.05) is 0 Å². The molecule has 3 aromatic rings. The number of aromatic amines is 1. The Morgan fingerprint density at radius 2 is 2.05 bits per heavy atom. The Hall–Kier alpha value is -1.86. The van der Waals surface area contributed by atoms with Gasteiger partial charge in [-0.05, 0) is 38.6 Å². The van der Waals surface area contributed by atoms with Crippen molar-refractivity contribution in [3.63, 3.8) is 0 Å². The maximum Gasteiger partial charge on any atom is 0.263 e. The number of nitrogens with zero attached hydrogens (tertiary/aromatic N) is 3. The minimum atomic E-state index is -0.0713. The molecular formula is C14H14N4OS2. The monoisotopic (exact) mass is 318 g/mol. The molecule has 3 rings (SSSR count). The fraction of sp³-hybridized carbons (Fsp3) is 0.286. The topological polar surface area (TPSA) is 63.6 Å². The van der Waals surface area contributed by atoms with Crippen LogP contribution in [0.4, 0.5) is 0 Å². The fourth-order valence-electron chi connectivity index (χ4n) is 2.17. The van der Waals surface area contributed by atoms with Crippen LogP contribution < -0.4 is 5.56 Å². The highest BCUT2D eigenvalue weighted by Gasteiger charge is 2.13. The van der Waals surface area contributed by atoms with Crippen LogP contribution in [0.25, 0.3) is 10.2 Å². The van der Waals surface area contributed by atoms with E-state index in [-0.39, 0.29) is 5.56 Å². The van der Waals surface area contributed by atoms with Gasteiger partial charge in [-0.15, -0.1) is 11.3 Å². The Labute approximate surface area is 130 Å². The first-order valence-electron chi connectivity index (χ1n) is 6.47. The Kier molecular flexibility index (Phi) is 3.46. The molecule has 0 bridgehead atoms. The van der Waals surface area contributed by atoms with E-state index >= 15 is 0 Å². The second kappa shape index (κ2) is 5.16. The first kappa shape index (κ1) is 14.1. The van der Waals surface area contributed by atoms with E-state index in [0.717, 1.165) is 21.0 Å². The number of hydrogen-bond acceptors (Lipinski definition) is 5. The highest BCUT2D eigenvalue weighted by atomic mass is 32.1. The molecule has 0 radical (unpaired) electrons. The van der Waals surface area contributed by atoms with Crippen molar-refractivity contribution in [1.82, 2.24) is 19.5 Å². The lowest BCUT2D eigenvalue weighted by Gasteiger charge is -2.06. The quantitative estimate of drug-likeness (QED) is 0.738. The van der Waals surface area contributed by atoms with Crippen molar-refractivity contribution >= 4 is 33.8 Å². The highest BCUT2D eigenvalue weighted by molar-refractivity contribution is 7.71. The number of aryl methyl sites for hydroxylation is 3. The minimum absolute atomic E-state index is 0.0713. The van der Waals surface area contributed by atoms with Gasteiger partial charge in [-0.3, -0.25) is 19.3 Å². The molecule has 3 heterocycles. The van der Waals surface area contributed by atoms with Gasteiger partial charge in [-0.1, -0.05) is 0 Å². The van der Waals surface area contributed by atoms with Crippen LogP contribution in [-0.4, -0.2) is 19.5 Å². The van der Waals surface area contributed by atoms with Gasteiger partial charge in [0.2, 0.25) is 0 Å². The third-order valence-electron chi connectivity index (χ3n) is 3.46. The molecule has 0 fully saturated rings. The van der Waals surface area contributed by atoms with E-state index in [1.807, 2.05) is 20.8 Å². The normalized spacial score (nSPS) is 11.2. The average molecular weight is 318 g/mol. The number of nitrogens with one attached hydrogen (secondary N) is 1. The van der Waals surface area contributed by atoms with Gasteiger partial charge in [0.1, 0.15) is 4.83 Å². The molecule has 0 saturated carbocycles. The van der Waals surface area contributed by atoms with Crippen LogP contribution in [0.1, 0.15) is 21.8 Å². The van der Waals surface area contributed by atoms with E-state index in [1.54, 1.807) is 23.7 Å². The summed E-state index contributed by atoms with van der Waals surface area (Å²) in [5.74, 6) is 0. The molecule has 0 aromatic carbocycles. The largest absolute Gasteiger partial charge is 0.323 e. The van der Waals surface area contributed by atoms with Crippen molar-refractivity contribution in [1.29, 1.82) is 0 Å². The molecule has 1 N–H and O–H groups in total. The van der Waals surface area contributed by atoms with Crippen LogP contribution in [0.3, 0.4) is 0 Å². The Morgan fingerprint density at radius 3 is 2.71 bits per heavy atom. The summed E-state index contributed by atoms with van der Waals surface area (Å²) in [5, 5.41) is 0.714. The molecule has 0 aliphatic heterocycles. The predicted molar refractivity (Wildman–Crippen MR) is 86.6 cm³/mol. The summed E-state index contributed by atoms with van der Waals surface area (Å²) in [4.78, 5) is 26.3. The SMILES string of the molecule is Cc1cnc(Cn2c(=S)[nH]c3sc(C)c(C)c3c2=O)cn1. The number of hydrogen-bond donors (Lipinski definition) is 1. The van der Waals surface area contributed by atoms with E-state index in [2.05, 4.69) is 15.0 Å². The maximum absolute atomic E-state index is 12.7. The average Bonchev–Trinajstić information content (AvgIpc) is 2.72. The van der Waals surface area contributed by atoms with Crippen LogP contribution in [0.5, 0.6) is 0 Å². The number of fused-ring (bicyclic) bond motifs is 1. The number of H-pyrrole nitrogens is 1. The van der Waals surface area contributed by atoms with Crippen LogP contribution in [0.15, 0.2) is 17.2 Å². The summed E-state index contributed by atoms with van der Waals surface area (Å²) >= 11 is 6.87. The zero-order valence-electron chi connectivity index (χ0n) is 11.9. The van der Waals surface area contributed by atoms with Gasteiger partial charge in [0.15, 0.2) is 4.77 Å². The van der Waals surface area contributed by atoms with Crippen molar-refractivity contribution in [3.05, 3.63) is 49.3 Å². The molecule has 0 saturated heterocycles. The molecule has 0 spiro atoms. The summed E-state index contributed by atoms with van der Waals surface area (Å²) < 4.78 is 1.95. The second-order valence-corrected chi connectivity index (χ2v) is 6.57. The van der Waals surface area contributed by atoms with E-state index in [4.69, 9.17) is 12.2 Å². The Morgan fingerprint density at radius 1 is 1.29 bits per heavy atom. The van der Waals surface area contributed by atoms with Gasteiger partial charge in [0.05, 0.1) is 29.5 Å². The second-order valence-electron chi connectivity index (χ2n) is 4.96. The summed E-state index contributed by atoms with van der Waals surface area (Å²) in [6, 6.07) is 0. The molecule has 0 unspecified atom stereocenters. The zero-order valence-corrected chi connectivity index (χ0v) is 13.6. The predicted octanol–water partition coefficient (Wildman–Crippen LogP) is 2.88. The summed E-state index contributed by atoms with van der Waals surface area (Å²) in [5.41, 5.74) is 2.50. The fourth-order valence-corrected chi connectivity index (χ4v) is 3.54. The molecular weight excluding hydrogens is 304 g/mol. The van der Waals surface area contributed by atoms with Crippen molar-refractivity contribution in [3.8, 4) is 0 Å². The van der Waals surface area contributed by atoms with Crippen LogP contribution in [-0.2, 0) is 6.54 Å². The van der Waals surface area contributed by atoms with Crippen molar-refractivity contribution < 1.29 is 0 Å². The Bertz CT molecular complexity index is 934. The lowest BCUT2D eigenvalue weighted by atomic mass is 10.2. The molecule has 108 valence electrons. The minimum Gasteiger partial charge on any atom is -0.323 e. The van der Waals surface area contributed by atoms with E-state index < -0.39 is 0 Å². The summed E-state index contributed by atoms with van der Waals surface area (Å²) in [7, 11) is 0. The molecule has 7 heteroatoms. The first-order chi connectivity index (χ1) is 9.97. The van der Waals surface area contributed by atoms with E-state index in [0.29, 0.717) is 22.4 Å². The molecule has 21 heavy (non-hydrogen) atoms. The summed E-state index contributed by atoms with van der Waals surface area (Å²) in [6.45, 7) is 6.17. The van der Waals surface area contributed by atoms with Gasteiger partial charge in [0, 0.05) is 11.1 Å². The lowest BCUT2D eigenvalue weighted by molar-refractivity contribution is 0.712. The smallest absolute Gasteiger partial charge is 0.263 e. The molecule has 3 aromatic heterocycles. The molecule has 0 amide bonds. The third kappa shape index (κ3) is 2.43. The van der Waals surface area contributed by atoms with Crippen LogP contribution >= 0.6 is 23.6 Å². The molecule has 0 atom stereocenters. The molecule has 5 nitrogen and oxygen atoms in total. The van der Waals surface area contributed by atoms with E-state index in [1.165, 1.54) is 4.57 Å². The molecule has 0 aliphatic rings. The van der Waals surface area contributed by atoms with Crippen LogP contribution in [0, 0.1) is 25.5 Å². The number of thiophene rings is 1. The number of aromatic nitrogens is 4. The van der Waals surface area contributed by atoms with Gasteiger partial charge in [-0.25, -0.2) is 0 Å². The van der Waals surface area contributed by atoms with Crippen molar-refractivity contribution in [2.24, 2.45) is 0 Å². The standard InChI is InChI=1S/C14H14N4OS2/c1-7-4-16-10(5-15-7)6-18-13(19)11-8(2)9(3)21-12(11)17-14(18)20/h4-5H,6H2,1-3H3,(H,17,20). The number of rotatable bonds is 2. The lowest BCUT2D eigenvalue weighted by Crippen LogP contribution is -2.23. The van der Waals surface area contributed by atoms with Gasteiger partial charge in [-0.2, -0.15) is 0 Å². The third-order valence-corrected chi connectivity index (χ3v) is 4.91. The van der Waals surface area contributed by atoms with Crippen LogP contribution in [0.2, 0.25) is 0 Å². The van der Waals surface area contributed by atoms with Gasteiger partial charge in [0.25, 0.3) is 5.56 Å². The zero-order chi connectivity index (χ0) is 15.1. The molecule has 0 aliphatic carbocycles.